The first-order valence-corrected chi connectivity index (χ1v) is 5.97. The van der Waals surface area contributed by atoms with Crippen molar-refractivity contribution in [3.05, 3.63) is 41.4 Å². The lowest BCUT2D eigenvalue weighted by molar-refractivity contribution is 0.440. The molecule has 0 aliphatic heterocycles. The Morgan fingerprint density at radius 1 is 1.47 bits per heavy atom. The minimum Gasteiger partial charge on any atom is -0.463 e. The fraction of sp³-hybridized carbons (Fsp3) is 0.462. The number of imidazole rings is 1. The Balaban J connectivity index is 2.16. The van der Waals surface area contributed by atoms with Gasteiger partial charge in [-0.15, -0.1) is 0 Å². The normalized spacial score (nSPS) is 11.0. The third-order valence-corrected chi connectivity index (χ3v) is 2.85. The zero-order chi connectivity index (χ0) is 12.3. The van der Waals surface area contributed by atoms with Gasteiger partial charge >= 0.3 is 0 Å². The second-order valence-electron chi connectivity index (χ2n) is 4.17. The number of aryl methyl sites for hydroxylation is 2. The molecule has 0 aliphatic rings. The summed E-state index contributed by atoms with van der Waals surface area (Å²) < 4.78 is 7.94. The maximum Gasteiger partial charge on any atom is 0.124 e. The van der Waals surface area contributed by atoms with Crippen molar-refractivity contribution in [3.63, 3.8) is 0 Å². The molecule has 0 aromatic carbocycles. The van der Waals surface area contributed by atoms with E-state index in [0.29, 0.717) is 0 Å². The van der Waals surface area contributed by atoms with Crippen LogP contribution in [0.5, 0.6) is 0 Å². The van der Waals surface area contributed by atoms with Crippen molar-refractivity contribution in [1.29, 1.82) is 0 Å². The van der Waals surface area contributed by atoms with Crippen LogP contribution < -0.4 is 5.32 Å². The number of nitrogens with one attached hydrogen (secondary N) is 1. The Labute approximate surface area is 102 Å². The predicted molar refractivity (Wildman–Crippen MR) is 66.9 cm³/mol. The second-order valence-corrected chi connectivity index (χ2v) is 4.17. The fourth-order valence-corrected chi connectivity index (χ4v) is 1.97. The minimum atomic E-state index is 0.758. The highest BCUT2D eigenvalue weighted by Crippen LogP contribution is 2.16. The van der Waals surface area contributed by atoms with Gasteiger partial charge in [0.2, 0.25) is 0 Å². The lowest BCUT2D eigenvalue weighted by Gasteiger charge is -2.03. The molecule has 0 bridgehead atoms. The zero-order valence-electron chi connectivity index (χ0n) is 10.7. The number of furan rings is 1. The van der Waals surface area contributed by atoms with E-state index < -0.39 is 0 Å². The van der Waals surface area contributed by atoms with Crippen LogP contribution in [0.2, 0.25) is 0 Å². The summed E-state index contributed by atoms with van der Waals surface area (Å²) in [6.45, 7) is 5.72. The van der Waals surface area contributed by atoms with Crippen LogP contribution in [0.3, 0.4) is 0 Å². The summed E-state index contributed by atoms with van der Waals surface area (Å²) in [6, 6.07) is 2.10. The number of rotatable bonds is 5. The van der Waals surface area contributed by atoms with Gasteiger partial charge < -0.3 is 14.3 Å². The van der Waals surface area contributed by atoms with E-state index in [2.05, 4.69) is 34.8 Å². The predicted octanol–water partition coefficient (Wildman–Crippen LogP) is 2.11. The summed E-state index contributed by atoms with van der Waals surface area (Å²) in [7, 11) is 1.92. The first-order chi connectivity index (χ1) is 8.24. The topological polar surface area (TPSA) is 43.0 Å². The maximum absolute atomic E-state index is 5.82. The Morgan fingerprint density at radius 2 is 2.29 bits per heavy atom. The summed E-state index contributed by atoms with van der Waals surface area (Å²) in [6.07, 6.45) is 4.77. The summed E-state index contributed by atoms with van der Waals surface area (Å²) in [5.41, 5.74) is 1.20. The van der Waals surface area contributed by atoms with Crippen LogP contribution in [-0.4, -0.2) is 16.6 Å². The molecule has 17 heavy (non-hydrogen) atoms. The molecule has 0 fully saturated rings. The molecule has 2 aromatic heterocycles. The minimum absolute atomic E-state index is 0.758. The molecule has 4 heteroatoms. The molecule has 0 amide bonds. The largest absolute Gasteiger partial charge is 0.463 e. The van der Waals surface area contributed by atoms with Crippen molar-refractivity contribution >= 4 is 0 Å². The third kappa shape index (κ3) is 2.58. The van der Waals surface area contributed by atoms with Crippen LogP contribution in [0.4, 0.5) is 0 Å². The molecule has 2 rings (SSSR count). The number of hydrogen-bond donors (Lipinski definition) is 1. The van der Waals surface area contributed by atoms with E-state index in [1.807, 2.05) is 19.4 Å². The average Bonchev–Trinajstić information content (AvgIpc) is 2.87. The lowest BCUT2D eigenvalue weighted by Crippen LogP contribution is -2.05. The Morgan fingerprint density at radius 3 is 3.00 bits per heavy atom. The lowest BCUT2D eigenvalue weighted by atomic mass is 10.2. The smallest absolute Gasteiger partial charge is 0.124 e. The highest BCUT2D eigenvalue weighted by atomic mass is 16.3. The van der Waals surface area contributed by atoms with Crippen molar-refractivity contribution in [2.75, 3.05) is 7.05 Å². The third-order valence-electron chi connectivity index (χ3n) is 2.85. The van der Waals surface area contributed by atoms with Crippen LogP contribution >= 0.6 is 0 Å². The summed E-state index contributed by atoms with van der Waals surface area (Å²) >= 11 is 0. The molecule has 2 aromatic rings. The monoisotopic (exact) mass is 233 g/mol. The molecule has 0 unspecified atom stereocenters. The maximum atomic E-state index is 5.82. The van der Waals surface area contributed by atoms with Gasteiger partial charge in [0.25, 0.3) is 0 Å². The van der Waals surface area contributed by atoms with Gasteiger partial charge in [0.05, 0.1) is 13.1 Å². The van der Waals surface area contributed by atoms with E-state index in [1.54, 1.807) is 0 Å². The van der Waals surface area contributed by atoms with Gasteiger partial charge in [-0.2, -0.15) is 0 Å². The van der Waals surface area contributed by atoms with Crippen molar-refractivity contribution in [2.24, 2.45) is 0 Å². The average molecular weight is 233 g/mol. The molecule has 92 valence electrons. The van der Waals surface area contributed by atoms with Crippen LogP contribution in [-0.2, 0) is 19.5 Å². The Hall–Kier alpha value is -1.55. The van der Waals surface area contributed by atoms with E-state index in [1.165, 1.54) is 5.56 Å². The molecule has 1 N–H and O–H groups in total. The van der Waals surface area contributed by atoms with Crippen LogP contribution in [0.15, 0.2) is 22.9 Å². The molecule has 0 saturated heterocycles. The number of hydrogen-bond acceptors (Lipinski definition) is 3. The zero-order valence-corrected chi connectivity index (χ0v) is 10.7. The van der Waals surface area contributed by atoms with Crippen molar-refractivity contribution in [3.8, 4) is 0 Å². The molecule has 0 radical (unpaired) electrons. The van der Waals surface area contributed by atoms with Gasteiger partial charge in [-0.25, -0.2) is 4.98 Å². The summed E-state index contributed by atoms with van der Waals surface area (Å²) in [5.74, 6) is 3.09. The van der Waals surface area contributed by atoms with Gasteiger partial charge in [0.15, 0.2) is 0 Å². The number of aromatic nitrogens is 2. The molecule has 0 aliphatic carbocycles. The molecule has 2 heterocycles. The summed E-state index contributed by atoms with van der Waals surface area (Å²) in [5, 5.41) is 3.11. The highest BCUT2D eigenvalue weighted by Gasteiger charge is 2.08. The van der Waals surface area contributed by atoms with Crippen LogP contribution in [0, 0.1) is 6.92 Å². The molecule has 0 saturated carbocycles. The first kappa shape index (κ1) is 11.9. The van der Waals surface area contributed by atoms with Crippen LogP contribution in [0.25, 0.3) is 0 Å². The van der Waals surface area contributed by atoms with Crippen molar-refractivity contribution < 1.29 is 4.42 Å². The fourth-order valence-electron chi connectivity index (χ4n) is 1.97. The second kappa shape index (κ2) is 5.19. The van der Waals surface area contributed by atoms with Gasteiger partial charge in [-0.05, 0) is 25.6 Å². The molecule has 0 atom stereocenters. The van der Waals surface area contributed by atoms with Gasteiger partial charge in [-0.1, -0.05) is 6.92 Å². The molecular formula is C13H19N3O. The highest BCUT2D eigenvalue weighted by molar-refractivity contribution is 5.20. The van der Waals surface area contributed by atoms with E-state index in [4.69, 9.17) is 4.42 Å². The van der Waals surface area contributed by atoms with E-state index >= 15 is 0 Å². The van der Waals surface area contributed by atoms with Gasteiger partial charge in [0, 0.05) is 18.8 Å². The van der Waals surface area contributed by atoms with Crippen molar-refractivity contribution in [2.45, 2.75) is 33.4 Å². The van der Waals surface area contributed by atoms with E-state index in [-0.39, 0.29) is 0 Å². The number of nitrogens with zero attached hydrogens (tertiary/aromatic N) is 2. The molecular weight excluding hydrogens is 214 g/mol. The van der Waals surface area contributed by atoms with Crippen molar-refractivity contribution in [1.82, 2.24) is 14.9 Å². The quantitative estimate of drug-likeness (QED) is 0.860. The van der Waals surface area contributed by atoms with Gasteiger partial charge in [0.1, 0.15) is 17.3 Å². The molecule has 0 spiro atoms. The van der Waals surface area contributed by atoms with E-state index in [0.717, 1.165) is 36.9 Å². The standard InChI is InChI=1S/C13H19N3O/c1-4-13-15-5-6-16(13)9-11-7-10(2)12(17-11)8-14-3/h5-7,14H,4,8-9H2,1-3H3. The first-order valence-electron chi connectivity index (χ1n) is 5.97. The van der Waals surface area contributed by atoms with Crippen LogP contribution in [0.1, 0.15) is 29.8 Å². The SMILES string of the molecule is CCc1nccn1Cc1cc(C)c(CNC)o1. The molecule has 4 nitrogen and oxygen atoms in total. The van der Waals surface area contributed by atoms with E-state index in [9.17, 15) is 0 Å². The van der Waals surface area contributed by atoms with Gasteiger partial charge in [-0.3, -0.25) is 0 Å². The Kier molecular flexibility index (Phi) is 3.64. The summed E-state index contributed by atoms with van der Waals surface area (Å²) in [4.78, 5) is 4.31. The Bertz CT molecular complexity index is 485.